The molecule has 0 bridgehead atoms. The molecule has 0 amide bonds. The van der Waals surface area contributed by atoms with Crippen LogP contribution in [-0.4, -0.2) is 4.92 Å². The number of para-hydroxylation sites is 2. The van der Waals surface area contributed by atoms with E-state index in [1.165, 1.54) is 0 Å². The van der Waals surface area contributed by atoms with Crippen molar-refractivity contribution in [1.29, 1.82) is 0 Å². The second-order valence-electron chi connectivity index (χ2n) is 6.70. The Hall–Kier alpha value is -3.92. The number of hydrogen-bond donors (Lipinski definition) is 0. The maximum absolute atomic E-state index is 11.6. The Balaban J connectivity index is 1.79. The molecule has 0 N–H and O–H groups in total. The molecule has 0 unspecified atom stereocenters. The quantitative estimate of drug-likeness (QED) is 0.306. The van der Waals surface area contributed by atoms with Gasteiger partial charge in [-0.15, -0.1) is 0 Å². The fourth-order valence-electron chi connectivity index (χ4n) is 3.90. The van der Waals surface area contributed by atoms with E-state index >= 15 is 0 Å². The van der Waals surface area contributed by atoms with Crippen LogP contribution in [0.5, 0.6) is 0 Å². The van der Waals surface area contributed by atoms with Crippen molar-refractivity contribution in [2.75, 3.05) is 4.90 Å². The van der Waals surface area contributed by atoms with Crippen LogP contribution < -0.4 is 4.90 Å². The van der Waals surface area contributed by atoms with Crippen LogP contribution in [0.4, 0.5) is 17.1 Å². The molecule has 0 spiro atoms. The summed E-state index contributed by atoms with van der Waals surface area (Å²) in [6.45, 7) is 0. The predicted molar refractivity (Wildman–Crippen MR) is 114 cm³/mol. The molecule has 0 aromatic heterocycles. The smallest absolute Gasteiger partial charge is 0.277 e. The lowest BCUT2D eigenvalue weighted by Crippen LogP contribution is -2.12. The van der Waals surface area contributed by atoms with Gasteiger partial charge < -0.3 is 4.90 Å². The molecule has 134 valence electrons. The van der Waals surface area contributed by atoms with E-state index in [0.29, 0.717) is 5.56 Å². The van der Waals surface area contributed by atoms with Crippen LogP contribution in [0.2, 0.25) is 0 Å². The molecule has 4 heteroatoms. The minimum Gasteiger partial charge on any atom is -0.317 e. The lowest BCUT2D eigenvalue weighted by atomic mass is 9.90. The third-order valence-corrected chi connectivity index (χ3v) is 5.14. The second kappa shape index (κ2) is 6.35. The molecular weight excluding hydrogens is 348 g/mol. The average molecular weight is 364 g/mol. The van der Waals surface area contributed by atoms with Gasteiger partial charge in [-0.1, -0.05) is 54.6 Å². The van der Waals surface area contributed by atoms with Crippen LogP contribution in [0.25, 0.3) is 28.0 Å². The number of benzene rings is 4. The Bertz CT molecular complexity index is 1250. The number of nitrogens with zero attached hydrogens (tertiary/aromatic N) is 2. The highest BCUT2D eigenvalue weighted by Gasteiger charge is 2.22. The Morgan fingerprint density at radius 1 is 0.750 bits per heavy atom. The van der Waals surface area contributed by atoms with E-state index in [-0.39, 0.29) is 10.6 Å². The number of nitro benzene ring substituents is 1. The van der Waals surface area contributed by atoms with E-state index in [1.54, 1.807) is 12.1 Å². The van der Waals surface area contributed by atoms with Gasteiger partial charge in [-0.3, -0.25) is 10.1 Å². The maximum Gasteiger partial charge on any atom is 0.277 e. The third kappa shape index (κ3) is 2.47. The fourth-order valence-corrected chi connectivity index (χ4v) is 3.90. The summed E-state index contributed by atoms with van der Waals surface area (Å²) in [7, 11) is 0. The van der Waals surface area contributed by atoms with E-state index in [9.17, 15) is 10.1 Å². The van der Waals surface area contributed by atoms with Crippen molar-refractivity contribution in [2.45, 2.75) is 0 Å². The van der Waals surface area contributed by atoms with Gasteiger partial charge in [-0.05, 0) is 46.9 Å². The van der Waals surface area contributed by atoms with Gasteiger partial charge in [0.2, 0.25) is 0 Å². The van der Waals surface area contributed by atoms with Crippen molar-refractivity contribution < 1.29 is 4.92 Å². The Kier molecular flexibility index (Phi) is 3.69. The first-order valence-corrected chi connectivity index (χ1v) is 9.06. The first-order chi connectivity index (χ1) is 13.7. The van der Waals surface area contributed by atoms with Gasteiger partial charge in [-0.25, -0.2) is 0 Å². The first-order valence-electron chi connectivity index (χ1n) is 9.06. The molecule has 0 radical (unpaired) electrons. The van der Waals surface area contributed by atoms with Gasteiger partial charge in [0.1, 0.15) is 0 Å². The highest BCUT2D eigenvalue weighted by atomic mass is 16.6. The zero-order valence-corrected chi connectivity index (χ0v) is 14.9. The van der Waals surface area contributed by atoms with Gasteiger partial charge in [0.15, 0.2) is 0 Å². The number of rotatable bonds is 3. The lowest BCUT2D eigenvalue weighted by molar-refractivity contribution is -0.384. The second-order valence-corrected chi connectivity index (χ2v) is 6.70. The van der Waals surface area contributed by atoms with Gasteiger partial charge in [0, 0.05) is 23.3 Å². The van der Waals surface area contributed by atoms with Crippen molar-refractivity contribution in [3.05, 3.63) is 107 Å². The monoisotopic (exact) mass is 364 g/mol. The zero-order valence-electron chi connectivity index (χ0n) is 14.9. The van der Waals surface area contributed by atoms with Crippen molar-refractivity contribution in [3.63, 3.8) is 0 Å². The van der Waals surface area contributed by atoms with Crippen molar-refractivity contribution in [3.8, 4) is 11.1 Å². The standard InChI is InChI=1S/C24H16N2O2/c27-26(28)22-11-5-4-10-20(22)19-14-13-17-7-6-12-23-24(17)21(19)15-16-25(23)18-8-2-1-3-9-18/h1-16H. The van der Waals surface area contributed by atoms with E-state index in [2.05, 4.69) is 29.2 Å². The summed E-state index contributed by atoms with van der Waals surface area (Å²) >= 11 is 0. The van der Waals surface area contributed by atoms with Crippen LogP contribution in [0.1, 0.15) is 5.56 Å². The molecule has 4 nitrogen and oxygen atoms in total. The molecule has 28 heavy (non-hydrogen) atoms. The van der Waals surface area contributed by atoms with E-state index in [0.717, 1.165) is 33.3 Å². The SMILES string of the molecule is O=[N+]([O-])c1ccccc1-c1ccc2cccc3c2c1C=CN3c1ccccc1. The molecule has 1 heterocycles. The topological polar surface area (TPSA) is 46.4 Å². The van der Waals surface area contributed by atoms with Gasteiger partial charge >= 0.3 is 0 Å². The molecule has 0 atom stereocenters. The van der Waals surface area contributed by atoms with Gasteiger partial charge in [-0.2, -0.15) is 0 Å². The molecule has 1 aliphatic rings. The first kappa shape index (κ1) is 16.3. The summed E-state index contributed by atoms with van der Waals surface area (Å²) in [5.74, 6) is 0. The fraction of sp³-hybridized carbons (Fsp3) is 0. The highest BCUT2D eigenvalue weighted by Crippen LogP contribution is 2.43. The summed E-state index contributed by atoms with van der Waals surface area (Å²) in [5.41, 5.74) is 4.78. The van der Waals surface area contributed by atoms with E-state index in [4.69, 9.17) is 0 Å². The summed E-state index contributed by atoms with van der Waals surface area (Å²) in [5, 5.41) is 13.8. The minimum atomic E-state index is -0.318. The van der Waals surface area contributed by atoms with Crippen molar-refractivity contribution >= 4 is 33.9 Å². The van der Waals surface area contributed by atoms with Crippen LogP contribution in [-0.2, 0) is 0 Å². The zero-order chi connectivity index (χ0) is 19.1. The molecular formula is C24H16N2O2. The number of hydrogen-bond acceptors (Lipinski definition) is 3. The predicted octanol–water partition coefficient (Wildman–Crippen LogP) is 6.54. The summed E-state index contributed by atoms with van der Waals surface area (Å²) < 4.78 is 0. The molecule has 0 saturated heterocycles. The third-order valence-electron chi connectivity index (χ3n) is 5.14. The lowest BCUT2D eigenvalue weighted by Gasteiger charge is -2.27. The van der Waals surface area contributed by atoms with Crippen LogP contribution in [0.15, 0.2) is 91.1 Å². The molecule has 0 aliphatic carbocycles. The Labute approximate surface area is 162 Å². The van der Waals surface area contributed by atoms with E-state index in [1.807, 2.05) is 60.8 Å². The van der Waals surface area contributed by atoms with Gasteiger partial charge in [0.25, 0.3) is 5.69 Å². The molecule has 5 rings (SSSR count). The van der Waals surface area contributed by atoms with Gasteiger partial charge in [0.05, 0.1) is 16.2 Å². The summed E-state index contributed by atoms with van der Waals surface area (Å²) in [6, 6.07) is 27.3. The Morgan fingerprint density at radius 2 is 1.54 bits per heavy atom. The molecule has 0 fully saturated rings. The van der Waals surface area contributed by atoms with Crippen LogP contribution >= 0.6 is 0 Å². The average Bonchev–Trinajstić information content (AvgIpc) is 2.75. The summed E-state index contributed by atoms with van der Waals surface area (Å²) in [6.07, 6.45) is 4.08. The molecule has 1 aliphatic heterocycles. The summed E-state index contributed by atoms with van der Waals surface area (Å²) in [4.78, 5) is 13.4. The maximum atomic E-state index is 11.6. The minimum absolute atomic E-state index is 0.120. The molecule has 0 saturated carbocycles. The largest absolute Gasteiger partial charge is 0.317 e. The van der Waals surface area contributed by atoms with Crippen LogP contribution in [0, 0.1) is 10.1 Å². The van der Waals surface area contributed by atoms with Crippen LogP contribution in [0.3, 0.4) is 0 Å². The molecule has 4 aromatic carbocycles. The highest BCUT2D eigenvalue weighted by molar-refractivity contribution is 6.08. The van der Waals surface area contributed by atoms with E-state index < -0.39 is 0 Å². The Morgan fingerprint density at radius 3 is 2.36 bits per heavy atom. The van der Waals surface area contributed by atoms with Crippen molar-refractivity contribution in [2.24, 2.45) is 0 Å². The molecule has 4 aromatic rings. The normalized spacial score (nSPS) is 12.4. The van der Waals surface area contributed by atoms with Crippen molar-refractivity contribution in [1.82, 2.24) is 0 Å². The number of nitro groups is 1. The number of anilines is 2.